The van der Waals surface area contributed by atoms with Gasteiger partial charge in [-0.3, -0.25) is 0 Å². The number of halogens is 1. The molecule has 168 valence electrons. The van der Waals surface area contributed by atoms with Crippen molar-refractivity contribution in [3.05, 3.63) is 82.4 Å². The number of aromatic nitrogens is 1. The topological polar surface area (TPSA) is 85.0 Å². The van der Waals surface area contributed by atoms with Crippen LogP contribution in [0.25, 0.3) is 11.1 Å². The molecule has 0 saturated heterocycles. The van der Waals surface area contributed by atoms with Gasteiger partial charge in [0.25, 0.3) is 6.01 Å². The number of oxazole rings is 1. The Bertz CT molecular complexity index is 1320. The zero-order valence-electron chi connectivity index (χ0n) is 17.8. The van der Waals surface area contributed by atoms with Crippen LogP contribution in [0, 0.1) is 0 Å². The van der Waals surface area contributed by atoms with Gasteiger partial charge in [-0.2, -0.15) is 4.98 Å². The molecule has 1 aliphatic rings. The van der Waals surface area contributed by atoms with Crippen LogP contribution in [-0.2, 0) is 24.4 Å². The monoisotopic (exact) mass is 464 g/mol. The van der Waals surface area contributed by atoms with E-state index in [1.165, 1.54) is 0 Å². The van der Waals surface area contributed by atoms with Crippen molar-refractivity contribution in [2.75, 3.05) is 12.0 Å². The van der Waals surface area contributed by atoms with E-state index in [1.807, 2.05) is 42.5 Å². The minimum absolute atomic E-state index is 0.221. The number of para-hydroxylation sites is 1. The second kappa shape index (κ2) is 8.67. The molecule has 0 radical (unpaired) electrons. The summed E-state index contributed by atoms with van der Waals surface area (Å²) in [6.07, 6.45) is 0.270. The second-order valence-corrected chi connectivity index (χ2v) is 8.22. The average molecular weight is 465 g/mol. The Balaban J connectivity index is 1.49. The van der Waals surface area contributed by atoms with Gasteiger partial charge in [0.2, 0.25) is 0 Å². The Labute approximate surface area is 195 Å². The van der Waals surface area contributed by atoms with E-state index in [2.05, 4.69) is 4.98 Å². The van der Waals surface area contributed by atoms with E-state index < -0.39 is 12.0 Å². The third-order valence-corrected chi connectivity index (χ3v) is 6.05. The molecule has 1 N–H and O–H groups in total. The zero-order valence-corrected chi connectivity index (χ0v) is 18.6. The van der Waals surface area contributed by atoms with Crippen molar-refractivity contribution >= 4 is 34.7 Å². The molecule has 1 aromatic heterocycles. The van der Waals surface area contributed by atoms with Crippen LogP contribution in [0.3, 0.4) is 0 Å². The maximum Gasteiger partial charge on any atom is 0.326 e. The number of hydrogen-bond donors (Lipinski definition) is 1. The van der Waals surface area contributed by atoms with E-state index in [-0.39, 0.29) is 12.4 Å². The molecule has 0 saturated carbocycles. The van der Waals surface area contributed by atoms with Crippen molar-refractivity contribution in [3.8, 4) is 11.5 Å². The Morgan fingerprint density at radius 1 is 1.15 bits per heavy atom. The lowest BCUT2D eigenvalue weighted by molar-refractivity contribution is -0.138. The highest BCUT2D eigenvalue weighted by Crippen LogP contribution is 2.38. The zero-order chi connectivity index (χ0) is 22.9. The van der Waals surface area contributed by atoms with Gasteiger partial charge >= 0.3 is 5.97 Å². The summed E-state index contributed by atoms with van der Waals surface area (Å²) >= 11 is 6.24. The molecule has 4 aromatic rings. The number of anilines is 1. The number of fused-ring (bicyclic) bond motifs is 2. The fourth-order valence-electron chi connectivity index (χ4n) is 4.05. The molecular weight excluding hydrogens is 444 g/mol. The molecule has 0 amide bonds. The maximum atomic E-state index is 12.1. The number of methoxy groups -OCH3 is 1. The van der Waals surface area contributed by atoms with E-state index in [1.54, 1.807) is 30.2 Å². The molecule has 0 bridgehead atoms. The molecule has 2 heterocycles. The van der Waals surface area contributed by atoms with Crippen molar-refractivity contribution in [3.63, 3.8) is 0 Å². The number of benzene rings is 3. The van der Waals surface area contributed by atoms with Crippen LogP contribution in [0.4, 0.5) is 6.01 Å². The largest absolute Gasteiger partial charge is 0.493 e. The van der Waals surface area contributed by atoms with Crippen molar-refractivity contribution in [2.45, 2.75) is 25.6 Å². The first kappa shape index (κ1) is 21.2. The lowest BCUT2D eigenvalue weighted by Gasteiger charge is -2.33. The van der Waals surface area contributed by atoms with Crippen LogP contribution in [0.15, 0.2) is 65.1 Å². The molecule has 7 nitrogen and oxygen atoms in total. The number of rotatable bonds is 6. The summed E-state index contributed by atoms with van der Waals surface area (Å²) in [7, 11) is 1.57. The molecule has 0 spiro atoms. The van der Waals surface area contributed by atoms with Crippen LogP contribution < -0.4 is 14.4 Å². The smallest absolute Gasteiger partial charge is 0.326 e. The van der Waals surface area contributed by atoms with E-state index >= 15 is 0 Å². The molecular formula is C25H21ClN2O5. The van der Waals surface area contributed by atoms with Crippen molar-refractivity contribution in [2.24, 2.45) is 0 Å². The first-order valence-electron chi connectivity index (χ1n) is 10.4. The Morgan fingerprint density at radius 3 is 2.67 bits per heavy atom. The number of aliphatic carboxylic acids is 1. The van der Waals surface area contributed by atoms with Crippen molar-refractivity contribution in [1.29, 1.82) is 0 Å². The summed E-state index contributed by atoms with van der Waals surface area (Å²) in [6.45, 7) is 0.684. The quantitative estimate of drug-likeness (QED) is 0.425. The van der Waals surface area contributed by atoms with Gasteiger partial charge in [0.15, 0.2) is 17.1 Å². The predicted molar refractivity (Wildman–Crippen MR) is 124 cm³/mol. The number of carboxylic acids is 1. The standard InChI is InChI=1S/C25H21ClN2O5/c1-31-21-11-16-10-19(24(29)30)28(25-27-23-18(26)8-5-9-20(23)33-25)13-17(16)12-22(21)32-14-15-6-3-2-4-7-15/h2-9,11-12,19H,10,13-14H2,1H3,(H,29,30). The van der Waals surface area contributed by atoms with Gasteiger partial charge in [-0.1, -0.05) is 48.0 Å². The Kier molecular flexibility index (Phi) is 5.56. The van der Waals surface area contributed by atoms with Gasteiger partial charge in [-0.15, -0.1) is 0 Å². The van der Waals surface area contributed by atoms with Crippen LogP contribution in [0.1, 0.15) is 16.7 Å². The minimum atomic E-state index is -0.961. The van der Waals surface area contributed by atoms with Gasteiger partial charge in [0.1, 0.15) is 18.2 Å². The van der Waals surface area contributed by atoms with Gasteiger partial charge < -0.3 is 23.9 Å². The molecule has 0 fully saturated rings. The van der Waals surface area contributed by atoms with Crippen molar-refractivity contribution < 1.29 is 23.8 Å². The lowest BCUT2D eigenvalue weighted by atomic mass is 9.93. The molecule has 0 aliphatic carbocycles. The molecule has 33 heavy (non-hydrogen) atoms. The number of ether oxygens (including phenoxy) is 2. The minimum Gasteiger partial charge on any atom is -0.493 e. The molecule has 1 atom stereocenters. The van der Waals surface area contributed by atoms with E-state index in [9.17, 15) is 9.90 Å². The molecule has 8 heteroatoms. The number of carbonyl (C=O) groups is 1. The summed E-state index contributed by atoms with van der Waals surface area (Å²) in [6, 6.07) is 18.2. The molecule has 1 aliphatic heterocycles. The predicted octanol–water partition coefficient (Wildman–Crippen LogP) is 5.08. The third kappa shape index (κ3) is 4.07. The summed E-state index contributed by atoms with van der Waals surface area (Å²) in [5.74, 6) is 0.197. The van der Waals surface area contributed by atoms with Crippen molar-refractivity contribution in [1.82, 2.24) is 4.98 Å². The average Bonchev–Trinajstić information content (AvgIpc) is 3.27. The summed E-state index contributed by atoms with van der Waals surface area (Å²) in [4.78, 5) is 18.2. The fraction of sp³-hybridized carbons (Fsp3) is 0.200. The van der Waals surface area contributed by atoms with Crippen LogP contribution in [0.2, 0.25) is 5.02 Å². The number of carboxylic acid groups (broad SMARTS) is 1. The highest BCUT2D eigenvalue weighted by atomic mass is 35.5. The molecule has 5 rings (SSSR count). The normalized spacial score (nSPS) is 15.3. The Hall–Kier alpha value is -3.71. The van der Waals surface area contributed by atoms with Gasteiger partial charge in [-0.05, 0) is 41.0 Å². The number of nitrogens with zero attached hydrogens (tertiary/aromatic N) is 2. The highest BCUT2D eigenvalue weighted by Gasteiger charge is 2.35. The highest BCUT2D eigenvalue weighted by molar-refractivity contribution is 6.34. The summed E-state index contributed by atoms with van der Waals surface area (Å²) in [5.41, 5.74) is 3.86. The first-order valence-corrected chi connectivity index (χ1v) is 10.8. The SMILES string of the molecule is COc1cc2c(cc1OCc1ccccc1)CN(c1nc3c(Cl)cccc3o1)C(C(=O)O)C2. The van der Waals surface area contributed by atoms with E-state index in [4.69, 9.17) is 25.5 Å². The van der Waals surface area contributed by atoms with Crippen LogP contribution in [-0.4, -0.2) is 29.2 Å². The van der Waals surface area contributed by atoms with Gasteiger partial charge in [0, 0.05) is 13.0 Å². The van der Waals surface area contributed by atoms with E-state index in [0.29, 0.717) is 40.8 Å². The second-order valence-electron chi connectivity index (χ2n) is 7.82. The third-order valence-electron chi connectivity index (χ3n) is 5.74. The van der Waals surface area contributed by atoms with Crippen LogP contribution >= 0.6 is 11.6 Å². The summed E-state index contributed by atoms with van der Waals surface area (Å²) < 4.78 is 17.4. The Morgan fingerprint density at radius 2 is 1.94 bits per heavy atom. The molecule has 1 unspecified atom stereocenters. The maximum absolute atomic E-state index is 12.1. The number of hydrogen-bond acceptors (Lipinski definition) is 6. The first-order chi connectivity index (χ1) is 16.0. The van der Waals surface area contributed by atoms with Gasteiger partial charge in [-0.25, -0.2) is 4.79 Å². The van der Waals surface area contributed by atoms with E-state index in [0.717, 1.165) is 16.7 Å². The lowest BCUT2D eigenvalue weighted by Crippen LogP contribution is -2.46. The fourth-order valence-corrected chi connectivity index (χ4v) is 4.26. The summed E-state index contributed by atoms with van der Waals surface area (Å²) in [5, 5.41) is 10.4. The van der Waals surface area contributed by atoms with Gasteiger partial charge in [0.05, 0.1) is 12.1 Å². The molecule has 3 aromatic carbocycles. The van der Waals surface area contributed by atoms with Crippen LogP contribution in [0.5, 0.6) is 11.5 Å².